The normalized spacial score (nSPS) is 12.2. The number of hydrogen-bond acceptors (Lipinski definition) is 4. The summed E-state index contributed by atoms with van der Waals surface area (Å²) in [4.78, 5) is 14.4. The van der Waals surface area contributed by atoms with Gasteiger partial charge in [0.25, 0.3) is 0 Å². The molecule has 114 valence electrons. The van der Waals surface area contributed by atoms with Crippen LogP contribution in [0, 0.1) is 6.92 Å². The summed E-state index contributed by atoms with van der Waals surface area (Å²) in [6.07, 6.45) is 4.37. The fraction of sp³-hybridized carbons (Fsp3) is 0.750. The molecule has 1 heterocycles. The third-order valence-electron chi connectivity index (χ3n) is 4.22. The quantitative estimate of drug-likeness (QED) is 0.682. The predicted octanol–water partition coefficient (Wildman–Crippen LogP) is 3.63. The van der Waals surface area contributed by atoms with Crippen LogP contribution in [0.1, 0.15) is 68.3 Å². The lowest BCUT2D eigenvalue weighted by atomic mass is 9.94. The van der Waals surface area contributed by atoms with Crippen LogP contribution >= 0.6 is 0 Å². The number of unbranched alkanes of at least 4 members (excludes halogenated alkanes) is 1. The fourth-order valence-electron chi connectivity index (χ4n) is 1.96. The standard InChI is InChI=1S/C16H28N2O2/c1-7-8-9-14-12(2)15(17-20-14)13(19)10-11-16(3,4)18(5)6/h7-11H2,1-6H3. The summed E-state index contributed by atoms with van der Waals surface area (Å²) in [7, 11) is 4.07. The molecule has 0 aliphatic carbocycles. The van der Waals surface area contributed by atoms with Crippen molar-refractivity contribution in [2.45, 2.75) is 65.3 Å². The molecule has 0 aromatic carbocycles. The SMILES string of the molecule is CCCCc1onc(C(=O)CCC(C)(C)N(C)C)c1C. The number of hydrogen-bond donors (Lipinski definition) is 0. The second-order valence-corrected chi connectivity index (χ2v) is 6.31. The number of rotatable bonds is 8. The van der Waals surface area contributed by atoms with E-state index in [0.29, 0.717) is 12.1 Å². The molecule has 0 saturated heterocycles. The predicted molar refractivity (Wildman–Crippen MR) is 81.2 cm³/mol. The number of ketones is 1. The van der Waals surface area contributed by atoms with Crippen LogP contribution in [0.25, 0.3) is 0 Å². The van der Waals surface area contributed by atoms with Crippen LogP contribution in [-0.4, -0.2) is 35.5 Å². The zero-order valence-electron chi connectivity index (χ0n) is 13.7. The van der Waals surface area contributed by atoms with Gasteiger partial charge in [0, 0.05) is 23.9 Å². The molecule has 0 saturated carbocycles. The summed E-state index contributed by atoms with van der Waals surface area (Å²) in [6.45, 7) is 8.36. The molecule has 4 heteroatoms. The molecular weight excluding hydrogens is 252 g/mol. The van der Waals surface area contributed by atoms with Gasteiger partial charge in [0.05, 0.1) is 0 Å². The van der Waals surface area contributed by atoms with E-state index in [4.69, 9.17) is 4.52 Å². The molecule has 0 fully saturated rings. The van der Waals surface area contributed by atoms with E-state index in [1.807, 2.05) is 21.0 Å². The Kier molecular flexibility index (Phi) is 5.93. The van der Waals surface area contributed by atoms with Crippen molar-refractivity contribution < 1.29 is 9.32 Å². The summed E-state index contributed by atoms with van der Waals surface area (Å²) in [6, 6.07) is 0. The molecular formula is C16H28N2O2. The second-order valence-electron chi connectivity index (χ2n) is 6.31. The van der Waals surface area contributed by atoms with Crippen molar-refractivity contribution in [3.8, 4) is 0 Å². The Labute approximate surface area is 122 Å². The number of nitrogens with zero attached hydrogens (tertiary/aromatic N) is 2. The van der Waals surface area contributed by atoms with Crippen LogP contribution in [0.5, 0.6) is 0 Å². The van der Waals surface area contributed by atoms with Crippen molar-refractivity contribution in [3.05, 3.63) is 17.0 Å². The van der Waals surface area contributed by atoms with Crippen LogP contribution in [0.2, 0.25) is 0 Å². The maximum absolute atomic E-state index is 12.3. The Morgan fingerprint density at radius 1 is 1.35 bits per heavy atom. The van der Waals surface area contributed by atoms with Crippen LogP contribution in [0.3, 0.4) is 0 Å². The van der Waals surface area contributed by atoms with Crippen molar-refractivity contribution in [2.24, 2.45) is 0 Å². The number of carbonyl (C=O) groups excluding carboxylic acids is 1. The Morgan fingerprint density at radius 3 is 2.55 bits per heavy atom. The third kappa shape index (κ3) is 4.17. The fourth-order valence-corrected chi connectivity index (χ4v) is 1.96. The van der Waals surface area contributed by atoms with E-state index in [2.05, 4.69) is 30.8 Å². The lowest BCUT2D eigenvalue weighted by Crippen LogP contribution is -2.38. The largest absolute Gasteiger partial charge is 0.360 e. The van der Waals surface area contributed by atoms with Gasteiger partial charge >= 0.3 is 0 Å². The highest BCUT2D eigenvalue weighted by atomic mass is 16.5. The zero-order valence-corrected chi connectivity index (χ0v) is 13.7. The maximum atomic E-state index is 12.3. The van der Waals surface area contributed by atoms with E-state index in [9.17, 15) is 4.79 Å². The van der Waals surface area contributed by atoms with Gasteiger partial charge in [-0.05, 0) is 47.7 Å². The Bertz CT molecular complexity index is 447. The molecule has 1 rings (SSSR count). The molecule has 0 atom stereocenters. The number of aromatic nitrogens is 1. The smallest absolute Gasteiger partial charge is 0.185 e. The third-order valence-corrected chi connectivity index (χ3v) is 4.22. The molecule has 0 N–H and O–H groups in total. The van der Waals surface area contributed by atoms with E-state index in [0.717, 1.165) is 37.0 Å². The highest BCUT2D eigenvalue weighted by Crippen LogP contribution is 2.21. The number of carbonyl (C=O) groups is 1. The van der Waals surface area contributed by atoms with E-state index in [1.54, 1.807) is 0 Å². The first kappa shape index (κ1) is 16.9. The van der Waals surface area contributed by atoms with E-state index >= 15 is 0 Å². The Hall–Kier alpha value is -1.16. The second kappa shape index (κ2) is 7.02. The van der Waals surface area contributed by atoms with Gasteiger partial charge in [-0.25, -0.2) is 0 Å². The molecule has 1 aromatic rings. The Morgan fingerprint density at radius 2 is 2.00 bits per heavy atom. The summed E-state index contributed by atoms with van der Waals surface area (Å²) in [5.41, 5.74) is 1.45. The van der Waals surface area contributed by atoms with Gasteiger partial charge in [0.1, 0.15) is 5.76 Å². The number of Topliss-reactive ketones (excluding diaryl/α,β-unsaturated/α-hetero) is 1. The minimum atomic E-state index is 0.0122. The molecule has 0 aliphatic heterocycles. The first-order chi connectivity index (χ1) is 9.29. The summed E-state index contributed by atoms with van der Waals surface area (Å²) in [5, 5.41) is 3.98. The average Bonchev–Trinajstić information content (AvgIpc) is 2.75. The van der Waals surface area contributed by atoms with Crippen molar-refractivity contribution in [1.82, 2.24) is 10.1 Å². The van der Waals surface area contributed by atoms with Crippen LogP contribution in [-0.2, 0) is 6.42 Å². The van der Waals surface area contributed by atoms with E-state index in [-0.39, 0.29) is 11.3 Å². The van der Waals surface area contributed by atoms with Crippen molar-refractivity contribution in [3.63, 3.8) is 0 Å². The van der Waals surface area contributed by atoms with E-state index < -0.39 is 0 Å². The molecule has 0 radical (unpaired) electrons. The van der Waals surface area contributed by atoms with Crippen molar-refractivity contribution in [2.75, 3.05) is 14.1 Å². The molecule has 1 aromatic heterocycles. The van der Waals surface area contributed by atoms with Crippen molar-refractivity contribution >= 4 is 5.78 Å². The highest BCUT2D eigenvalue weighted by molar-refractivity contribution is 5.95. The van der Waals surface area contributed by atoms with Crippen LogP contribution in [0.15, 0.2) is 4.52 Å². The lowest BCUT2D eigenvalue weighted by Gasteiger charge is -2.32. The average molecular weight is 280 g/mol. The zero-order chi connectivity index (χ0) is 15.3. The minimum Gasteiger partial charge on any atom is -0.360 e. The topological polar surface area (TPSA) is 46.3 Å². The Balaban J connectivity index is 2.67. The highest BCUT2D eigenvalue weighted by Gasteiger charge is 2.24. The molecule has 4 nitrogen and oxygen atoms in total. The van der Waals surface area contributed by atoms with Gasteiger partial charge in [0.15, 0.2) is 11.5 Å². The lowest BCUT2D eigenvalue weighted by molar-refractivity contribution is 0.0935. The monoisotopic (exact) mass is 280 g/mol. The molecule has 0 amide bonds. The van der Waals surface area contributed by atoms with Crippen LogP contribution < -0.4 is 0 Å². The molecule has 0 spiro atoms. The van der Waals surface area contributed by atoms with Gasteiger partial charge in [-0.1, -0.05) is 18.5 Å². The van der Waals surface area contributed by atoms with Gasteiger partial charge in [-0.2, -0.15) is 0 Å². The summed E-state index contributed by atoms with van der Waals surface area (Å²) < 4.78 is 5.32. The van der Waals surface area contributed by atoms with Crippen LogP contribution in [0.4, 0.5) is 0 Å². The van der Waals surface area contributed by atoms with Gasteiger partial charge in [0.2, 0.25) is 0 Å². The van der Waals surface area contributed by atoms with Crippen molar-refractivity contribution in [1.29, 1.82) is 0 Å². The van der Waals surface area contributed by atoms with Gasteiger partial charge in [-0.15, -0.1) is 0 Å². The molecule has 20 heavy (non-hydrogen) atoms. The summed E-state index contributed by atoms with van der Waals surface area (Å²) in [5.74, 6) is 0.950. The van der Waals surface area contributed by atoms with Gasteiger partial charge in [-0.3, -0.25) is 4.79 Å². The molecule has 0 bridgehead atoms. The minimum absolute atomic E-state index is 0.0122. The first-order valence-electron chi connectivity index (χ1n) is 7.45. The molecule has 0 aliphatic rings. The van der Waals surface area contributed by atoms with Gasteiger partial charge < -0.3 is 9.42 Å². The summed E-state index contributed by atoms with van der Waals surface area (Å²) >= 11 is 0. The molecule has 0 unspecified atom stereocenters. The first-order valence-corrected chi connectivity index (χ1v) is 7.45. The number of aryl methyl sites for hydroxylation is 1. The maximum Gasteiger partial charge on any atom is 0.185 e. The van der Waals surface area contributed by atoms with E-state index in [1.165, 1.54) is 0 Å².